The molecular weight excluding hydrogens is 360 g/mol. The summed E-state index contributed by atoms with van der Waals surface area (Å²) in [6.07, 6.45) is 9.21. The Bertz CT molecular complexity index is 731. The van der Waals surface area contributed by atoms with Crippen molar-refractivity contribution in [3.05, 3.63) is 53.1 Å². The molecule has 1 aromatic carbocycles. The number of thioether (sulfide) groups is 1. The fourth-order valence-electron chi connectivity index (χ4n) is 2.32. The van der Waals surface area contributed by atoms with Crippen LogP contribution < -0.4 is 11.1 Å². The highest BCUT2D eigenvalue weighted by Crippen LogP contribution is 2.30. The molecule has 132 valence electrons. The summed E-state index contributed by atoms with van der Waals surface area (Å²) in [6, 6.07) is 4.76. The van der Waals surface area contributed by atoms with Crippen molar-refractivity contribution >= 4 is 40.3 Å². The molecule has 0 radical (unpaired) electrons. The van der Waals surface area contributed by atoms with E-state index in [-0.39, 0.29) is 29.9 Å². The van der Waals surface area contributed by atoms with Gasteiger partial charge < -0.3 is 11.1 Å². The largest absolute Gasteiger partial charge is 0.370 e. The van der Waals surface area contributed by atoms with Gasteiger partial charge in [-0.15, -0.1) is 0 Å². The van der Waals surface area contributed by atoms with Crippen molar-refractivity contribution in [1.82, 2.24) is 5.32 Å². The van der Waals surface area contributed by atoms with E-state index >= 15 is 0 Å². The van der Waals surface area contributed by atoms with Crippen LogP contribution in [0.1, 0.15) is 29.6 Å². The lowest BCUT2D eigenvalue weighted by atomic mass is 9.98. The summed E-state index contributed by atoms with van der Waals surface area (Å²) in [7, 11) is 0. The molecule has 0 aromatic heterocycles. The molecule has 0 saturated carbocycles. The van der Waals surface area contributed by atoms with Crippen molar-refractivity contribution in [1.29, 1.82) is 0 Å². The minimum atomic E-state index is -0.490. The highest BCUT2D eigenvalue weighted by atomic mass is 35.5. The Morgan fingerprint density at radius 1 is 1.28 bits per heavy atom. The molecule has 1 atom stereocenters. The molecule has 2 rings (SSSR count). The summed E-state index contributed by atoms with van der Waals surface area (Å²) in [5.74, 6) is -0.679. The average Bonchev–Trinajstić information content (AvgIpc) is 2.55. The number of halogens is 1. The topological polar surface area (TPSA) is 89.3 Å². The van der Waals surface area contributed by atoms with Crippen LogP contribution in [-0.4, -0.2) is 23.5 Å². The Labute approximate surface area is 155 Å². The third kappa shape index (κ3) is 6.40. The fraction of sp³-hybridized carbons (Fsp3) is 0.278. The lowest BCUT2D eigenvalue weighted by Crippen LogP contribution is -2.28. The van der Waals surface area contributed by atoms with Gasteiger partial charge in [-0.1, -0.05) is 47.7 Å². The fourth-order valence-corrected chi connectivity index (χ4v) is 3.56. The van der Waals surface area contributed by atoms with Gasteiger partial charge in [-0.05, 0) is 30.5 Å². The Morgan fingerprint density at radius 3 is 2.76 bits per heavy atom. The number of hydrogen-bond donors (Lipinski definition) is 2. The van der Waals surface area contributed by atoms with Gasteiger partial charge in [0.2, 0.25) is 5.91 Å². The Balaban J connectivity index is 2.03. The first-order valence-electron chi connectivity index (χ1n) is 7.86. The minimum absolute atomic E-state index is 0.0293. The molecule has 0 bridgehead atoms. The predicted octanol–water partition coefficient (Wildman–Crippen LogP) is 3.09. The predicted molar refractivity (Wildman–Crippen MR) is 99.5 cm³/mol. The summed E-state index contributed by atoms with van der Waals surface area (Å²) in [5.41, 5.74) is 5.41. The Kier molecular flexibility index (Phi) is 7.28. The third-order valence-electron chi connectivity index (χ3n) is 3.57. The zero-order valence-electron chi connectivity index (χ0n) is 13.5. The van der Waals surface area contributed by atoms with Gasteiger partial charge in [-0.3, -0.25) is 14.4 Å². The first kappa shape index (κ1) is 19.3. The number of carbonyl (C=O) groups excluding carboxylic acids is 3. The molecule has 1 aromatic rings. The summed E-state index contributed by atoms with van der Waals surface area (Å²) in [4.78, 5) is 35.9. The first-order valence-corrected chi connectivity index (χ1v) is 9.05. The summed E-state index contributed by atoms with van der Waals surface area (Å²) in [6.45, 7) is 0.147. The van der Waals surface area contributed by atoms with Crippen LogP contribution in [0.25, 0.3) is 0 Å². The van der Waals surface area contributed by atoms with E-state index in [0.717, 1.165) is 18.2 Å². The second-order valence-electron chi connectivity index (χ2n) is 5.60. The van der Waals surface area contributed by atoms with E-state index in [1.807, 2.05) is 24.3 Å². The average molecular weight is 379 g/mol. The van der Waals surface area contributed by atoms with E-state index in [4.69, 9.17) is 17.3 Å². The number of hydrogen-bond acceptors (Lipinski definition) is 4. The van der Waals surface area contributed by atoms with Crippen LogP contribution in [-0.2, 0) is 9.59 Å². The van der Waals surface area contributed by atoms with Gasteiger partial charge in [-0.25, -0.2) is 0 Å². The molecule has 1 unspecified atom stereocenters. The lowest BCUT2D eigenvalue weighted by molar-refractivity contribution is -0.118. The van der Waals surface area contributed by atoms with Crippen molar-refractivity contribution in [3.8, 4) is 0 Å². The SMILES string of the molecule is NC(=O)CCNC(=O)c1ccc(Cl)cc1SC(=O)CC1C=CC=CC1. The van der Waals surface area contributed by atoms with Gasteiger partial charge >= 0.3 is 0 Å². The minimum Gasteiger partial charge on any atom is -0.370 e. The van der Waals surface area contributed by atoms with E-state index in [2.05, 4.69) is 5.32 Å². The zero-order chi connectivity index (χ0) is 18.2. The number of benzene rings is 1. The van der Waals surface area contributed by atoms with E-state index < -0.39 is 5.91 Å². The lowest BCUT2D eigenvalue weighted by Gasteiger charge is -2.13. The van der Waals surface area contributed by atoms with Crippen LogP contribution in [0.2, 0.25) is 5.02 Å². The van der Waals surface area contributed by atoms with E-state index in [0.29, 0.717) is 21.9 Å². The van der Waals surface area contributed by atoms with Crippen LogP contribution in [0.5, 0.6) is 0 Å². The highest BCUT2D eigenvalue weighted by Gasteiger charge is 2.18. The molecule has 0 fully saturated rings. The molecule has 7 heteroatoms. The smallest absolute Gasteiger partial charge is 0.252 e. The highest BCUT2D eigenvalue weighted by molar-refractivity contribution is 8.13. The molecular formula is C18H19ClN2O3S. The van der Waals surface area contributed by atoms with Crippen molar-refractivity contribution in [2.24, 2.45) is 11.7 Å². The van der Waals surface area contributed by atoms with Gasteiger partial charge in [0.05, 0.1) is 5.56 Å². The Hall–Kier alpha value is -2.05. The Morgan fingerprint density at radius 2 is 2.08 bits per heavy atom. The van der Waals surface area contributed by atoms with Crippen LogP contribution in [0, 0.1) is 5.92 Å². The molecule has 5 nitrogen and oxygen atoms in total. The molecule has 0 aliphatic heterocycles. The molecule has 2 amide bonds. The maximum absolute atomic E-state index is 12.3. The number of carbonyl (C=O) groups is 3. The monoisotopic (exact) mass is 378 g/mol. The van der Waals surface area contributed by atoms with Gasteiger partial charge in [0.25, 0.3) is 5.91 Å². The third-order valence-corrected chi connectivity index (χ3v) is 4.75. The van der Waals surface area contributed by atoms with E-state index in [1.54, 1.807) is 18.2 Å². The second-order valence-corrected chi connectivity index (χ2v) is 7.14. The molecule has 0 heterocycles. The van der Waals surface area contributed by atoms with Crippen molar-refractivity contribution < 1.29 is 14.4 Å². The number of amides is 2. The molecule has 1 aliphatic rings. The standard InChI is InChI=1S/C18H19ClN2O3S/c19-13-6-7-14(18(24)21-9-8-16(20)22)15(11-13)25-17(23)10-12-4-2-1-3-5-12/h1-4,6-7,11-12H,5,8-10H2,(H2,20,22)(H,21,24). The van der Waals surface area contributed by atoms with Crippen molar-refractivity contribution in [3.63, 3.8) is 0 Å². The van der Waals surface area contributed by atoms with Gasteiger partial charge in [0.15, 0.2) is 5.12 Å². The normalized spacial score (nSPS) is 15.8. The number of primary amides is 1. The van der Waals surface area contributed by atoms with Crippen LogP contribution in [0.4, 0.5) is 0 Å². The maximum atomic E-state index is 12.3. The second kappa shape index (κ2) is 9.44. The summed E-state index contributed by atoms with van der Waals surface area (Å²) >= 11 is 7.02. The first-order chi connectivity index (χ1) is 12.0. The number of allylic oxidation sites excluding steroid dienone is 4. The molecule has 0 spiro atoms. The van der Waals surface area contributed by atoms with Crippen LogP contribution >= 0.6 is 23.4 Å². The van der Waals surface area contributed by atoms with Gasteiger partial charge in [0, 0.05) is 29.3 Å². The quantitative estimate of drug-likeness (QED) is 0.713. The summed E-state index contributed by atoms with van der Waals surface area (Å²) in [5, 5.41) is 3.04. The van der Waals surface area contributed by atoms with E-state index in [9.17, 15) is 14.4 Å². The van der Waals surface area contributed by atoms with E-state index in [1.165, 1.54) is 0 Å². The van der Waals surface area contributed by atoms with Gasteiger partial charge in [0.1, 0.15) is 0 Å². The van der Waals surface area contributed by atoms with Crippen LogP contribution in [0.15, 0.2) is 47.4 Å². The molecule has 0 saturated heterocycles. The van der Waals surface area contributed by atoms with Crippen molar-refractivity contribution in [2.75, 3.05) is 6.54 Å². The molecule has 1 aliphatic carbocycles. The summed E-state index contributed by atoms with van der Waals surface area (Å²) < 4.78 is 0. The molecule has 3 N–H and O–H groups in total. The van der Waals surface area contributed by atoms with Crippen LogP contribution in [0.3, 0.4) is 0 Å². The number of rotatable bonds is 7. The number of nitrogens with two attached hydrogens (primary N) is 1. The van der Waals surface area contributed by atoms with Crippen molar-refractivity contribution in [2.45, 2.75) is 24.2 Å². The van der Waals surface area contributed by atoms with Gasteiger partial charge in [-0.2, -0.15) is 0 Å². The number of nitrogens with one attached hydrogen (secondary N) is 1. The zero-order valence-corrected chi connectivity index (χ0v) is 15.1. The maximum Gasteiger partial charge on any atom is 0.252 e. The molecule has 25 heavy (non-hydrogen) atoms.